The molecule has 2 aromatic carbocycles. The number of aryl methyl sites for hydroxylation is 1. The van der Waals surface area contributed by atoms with Gasteiger partial charge in [0.05, 0.1) is 30.7 Å². The van der Waals surface area contributed by atoms with E-state index < -0.39 is 0 Å². The lowest BCUT2D eigenvalue weighted by atomic mass is 10.2. The summed E-state index contributed by atoms with van der Waals surface area (Å²) in [5.41, 5.74) is 2.16. The smallest absolute Gasteiger partial charge is 0.256 e. The van der Waals surface area contributed by atoms with E-state index in [9.17, 15) is 9.18 Å². The van der Waals surface area contributed by atoms with Crippen LogP contribution in [0.15, 0.2) is 42.5 Å². The van der Waals surface area contributed by atoms with Crippen LogP contribution < -0.4 is 14.8 Å². The second-order valence-corrected chi connectivity index (χ2v) is 6.60. The quantitative estimate of drug-likeness (QED) is 0.622. The molecule has 1 N–H and O–H groups in total. The Balaban J connectivity index is 1.77. The van der Waals surface area contributed by atoms with Crippen LogP contribution in [0.4, 0.5) is 4.39 Å². The predicted octanol–water partition coefficient (Wildman–Crippen LogP) is 4.31. The van der Waals surface area contributed by atoms with Crippen LogP contribution in [0.2, 0.25) is 5.15 Å². The van der Waals surface area contributed by atoms with E-state index in [4.69, 9.17) is 21.1 Å². The molecule has 8 heteroatoms. The molecule has 3 rings (SSSR count). The molecule has 0 bridgehead atoms. The Labute approximate surface area is 173 Å². The number of methoxy groups -OCH3 is 1. The molecule has 0 aliphatic carbocycles. The number of carbonyl (C=O) groups excluding carboxylic acids is 1. The minimum atomic E-state index is -0.363. The largest absolute Gasteiger partial charge is 0.493 e. The maximum absolute atomic E-state index is 13.2. The molecule has 152 valence electrons. The molecular formula is C21H21ClFN3O3. The average molecular weight is 418 g/mol. The number of ether oxygens (including phenoxy) is 2. The maximum Gasteiger partial charge on any atom is 0.256 e. The molecule has 0 spiro atoms. The molecule has 0 saturated heterocycles. The third kappa shape index (κ3) is 4.51. The summed E-state index contributed by atoms with van der Waals surface area (Å²) < 4.78 is 25.4. The maximum atomic E-state index is 13.2. The highest BCUT2D eigenvalue weighted by Gasteiger charge is 2.21. The van der Waals surface area contributed by atoms with Crippen molar-refractivity contribution in [1.29, 1.82) is 0 Å². The molecule has 0 atom stereocenters. The summed E-state index contributed by atoms with van der Waals surface area (Å²) in [6, 6.07) is 11.2. The lowest BCUT2D eigenvalue weighted by molar-refractivity contribution is 0.0950. The van der Waals surface area contributed by atoms with Crippen molar-refractivity contribution >= 4 is 17.5 Å². The van der Waals surface area contributed by atoms with Crippen LogP contribution in [0.1, 0.15) is 28.5 Å². The fraction of sp³-hybridized carbons (Fsp3) is 0.238. The van der Waals surface area contributed by atoms with Crippen molar-refractivity contribution in [3.63, 3.8) is 0 Å². The molecule has 0 saturated carbocycles. The Bertz CT molecular complexity index is 1020. The summed E-state index contributed by atoms with van der Waals surface area (Å²) in [6.45, 7) is 4.40. The van der Waals surface area contributed by atoms with Crippen LogP contribution >= 0.6 is 11.6 Å². The molecule has 0 fully saturated rings. The Morgan fingerprint density at radius 3 is 2.59 bits per heavy atom. The van der Waals surface area contributed by atoms with Gasteiger partial charge in [0.15, 0.2) is 11.5 Å². The fourth-order valence-corrected chi connectivity index (χ4v) is 3.24. The molecule has 3 aromatic rings. The minimum absolute atomic E-state index is 0.163. The summed E-state index contributed by atoms with van der Waals surface area (Å²) in [6.07, 6.45) is 0. The van der Waals surface area contributed by atoms with E-state index >= 15 is 0 Å². The Kier molecular flexibility index (Phi) is 6.39. The van der Waals surface area contributed by atoms with Gasteiger partial charge < -0.3 is 14.8 Å². The normalized spacial score (nSPS) is 10.7. The van der Waals surface area contributed by atoms with E-state index in [0.717, 1.165) is 5.56 Å². The van der Waals surface area contributed by atoms with E-state index in [-0.39, 0.29) is 29.0 Å². The number of rotatable bonds is 7. The van der Waals surface area contributed by atoms with Crippen molar-refractivity contribution in [2.75, 3.05) is 13.7 Å². The summed E-state index contributed by atoms with van der Waals surface area (Å²) in [7, 11) is 1.56. The molecule has 0 unspecified atom stereocenters. The number of aromatic nitrogens is 2. The molecule has 1 heterocycles. The second kappa shape index (κ2) is 8.96. The molecule has 0 aliphatic heterocycles. The number of hydrogen-bond donors (Lipinski definition) is 1. The zero-order valence-corrected chi connectivity index (χ0v) is 17.1. The lowest BCUT2D eigenvalue weighted by Gasteiger charge is -2.11. The molecule has 1 aromatic heterocycles. The van der Waals surface area contributed by atoms with Crippen LogP contribution in [-0.2, 0) is 6.54 Å². The first-order valence-corrected chi connectivity index (χ1v) is 9.41. The number of halogens is 2. The van der Waals surface area contributed by atoms with Gasteiger partial charge in [-0.3, -0.25) is 4.79 Å². The van der Waals surface area contributed by atoms with Gasteiger partial charge in [0.25, 0.3) is 5.91 Å². The van der Waals surface area contributed by atoms with Crippen molar-refractivity contribution in [3.8, 4) is 17.2 Å². The highest BCUT2D eigenvalue weighted by Crippen LogP contribution is 2.28. The van der Waals surface area contributed by atoms with Crippen LogP contribution in [-0.4, -0.2) is 29.4 Å². The van der Waals surface area contributed by atoms with Crippen molar-refractivity contribution < 1.29 is 18.7 Å². The van der Waals surface area contributed by atoms with E-state index in [1.165, 1.54) is 16.8 Å². The monoisotopic (exact) mass is 417 g/mol. The zero-order chi connectivity index (χ0) is 21.0. The van der Waals surface area contributed by atoms with Gasteiger partial charge in [-0.15, -0.1) is 0 Å². The van der Waals surface area contributed by atoms with Gasteiger partial charge in [-0.25, -0.2) is 9.07 Å². The molecular weight excluding hydrogens is 397 g/mol. The fourth-order valence-electron chi connectivity index (χ4n) is 2.88. The first-order chi connectivity index (χ1) is 13.9. The molecule has 0 radical (unpaired) electrons. The third-order valence-electron chi connectivity index (χ3n) is 4.28. The minimum Gasteiger partial charge on any atom is -0.493 e. The van der Waals surface area contributed by atoms with Crippen molar-refractivity contribution in [1.82, 2.24) is 15.1 Å². The van der Waals surface area contributed by atoms with Gasteiger partial charge in [-0.2, -0.15) is 5.10 Å². The Morgan fingerprint density at radius 1 is 1.21 bits per heavy atom. The number of hydrogen-bond acceptors (Lipinski definition) is 4. The molecule has 6 nitrogen and oxygen atoms in total. The second-order valence-electron chi connectivity index (χ2n) is 6.24. The highest BCUT2D eigenvalue weighted by atomic mass is 35.5. The van der Waals surface area contributed by atoms with E-state index in [1.807, 2.05) is 19.1 Å². The van der Waals surface area contributed by atoms with E-state index in [2.05, 4.69) is 10.4 Å². The first-order valence-electron chi connectivity index (χ1n) is 9.03. The Morgan fingerprint density at radius 2 is 1.93 bits per heavy atom. The van der Waals surface area contributed by atoms with Crippen molar-refractivity contribution in [2.45, 2.75) is 20.4 Å². The topological polar surface area (TPSA) is 65.4 Å². The van der Waals surface area contributed by atoms with Crippen molar-refractivity contribution in [2.24, 2.45) is 0 Å². The summed E-state index contributed by atoms with van der Waals surface area (Å²) in [5, 5.41) is 7.31. The van der Waals surface area contributed by atoms with Gasteiger partial charge >= 0.3 is 0 Å². The van der Waals surface area contributed by atoms with Crippen LogP contribution in [0.5, 0.6) is 11.5 Å². The van der Waals surface area contributed by atoms with Gasteiger partial charge in [-0.1, -0.05) is 17.7 Å². The van der Waals surface area contributed by atoms with Gasteiger partial charge in [0, 0.05) is 6.54 Å². The van der Waals surface area contributed by atoms with Crippen LogP contribution in [0.25, 0.3) is 5.69 Å². The predicted molar refractivity (Wildman–Crippen MR) is 109 cm³/mol. The van der Waals surface area contributed by atoms with Gasteiger partial charge in [-0.05, 0) is 55.8 Å². The average Bonchev–Trinajstić information content (AvgIpc) is 3.01. The summed E-state index contributed by atoms with van der Waals surface area (Å²) >= 11 is 6.39. The number of nitrogens with zero attached hydrogens (tertiary/aromatic N) is 2. The number of nitrogens with one attached hydrogen (secondary N) is 1. The summed E-state index contributed by atoms with van der Waals surface area (Å²) in [4.78, 5) is 12.7. The van der Waals surface area contributed by atoms with Crippen LogP contribution in [0, 0.1) is 12.7 Å². The Hall–Kier alpha value is -3.06. The summed E-state index contributed by atoms with van der Waals surface area (Å²) in [5.74, 6) is 0.521. The molecule has 1 amide bonds. The van der Waals surface area contributed by atoms with Crippen LogP contribution in [0.3, 0.4) is 0 Å². The van der Waals surface area contributed by atoms with E-state index in [1.54, 1.807) is 32.2 Å². The third-order valence-corrected chi connectivity index (χ3v) is 4.63. The molecule has 29 heavy (non-hydrogen) atoms. The number of benzene rings is 2. The SMILES string of the molecule is CCOc1ccc(CNC(=O)c2c(C)nn(-c3ccc(F)cc3)c2Cl)cc1OC. The van der Waals surface area contributed by atoms with E-state index in [0.29, 0.717) is 29.5 Å². The van der Waals surface area contributed by atoms with Crippen molar-refractivity contribution in [3.05, 3.63) is 70.3 Å². The molecule has 0 aliphatic rings. The van der Waals surface area contributed by atoms with Gasteiger partial charge in [0.2, 0.25) is 0 Å². The van der Waals surface area contributed by atoms with Gasteiger partial charge in [0.1, 0.15) is 11.0 Å². The standard InChI is InChI=1S/C21H21ClFN3O3/c1-4-29-17-10-5-14(11-18(17)28-3)12-24-21(27)19-13(2)25-26(20(19)22)16-8-6-15(23)7-9-16/h5-11H,4,12H2,1-3H3,(H,24,27). The highest BCUT2D eigenvalue weighted by molar-refractivity contribution is 6.33. The lowest BCUT2D eigenvalue weighted by Crippen LogP contribution is -2.23. The first kappa shape index (κ1) is 20.7. The zero-order valence-electron chi connectivity index (χ0n) is 16.3. The number of amides is 1. The number of carbonyl (C=O) groups is 1.